The Bertz CT molecular complexity index is 891. The molecule has 0 saturated carbocycles. The van der Waals surface area contributed by atoms with E-state index in [1.54, 1.807) is 0 Å². The maximum absolute atomic E-state index is 6.65. The summed E-state index contributed by atoms with van der Waals surface area (Å²) in [5.74, 6) is 0. The lowest BCUT2D eigenvalue weighted by Crippen LogP contribution is -2.52. The van der Waals surface area contributed by atoms with E-state index >= 15 is 0 Å². The summed E-state index contributed by atoms with van der Waals surface area (Å²) >= 11 is 0. The molecule has 14 nitrogen and oxygen atoms in total. The fourth-order valence-corrected chi connectivity index (χ4v) is 7.11. The van der Waals surface area contributed by atoms with Crippen LogP contribution in [0.25, 0.3) is 0 Å². The predicted molar refractivity (Wildman–Crippen MR) is 217 cm³/mol. The van der Waals surface area contributed by atoms with E-state index in [1.165, 1.54) is 11.1 Å². The molecule has 0 spiro atoms. The molecule has 3 rings (SSSR count). The van der Waals surface area contributed by atoms with Crippen LogP contribution in [0.4, 0.5) is 0 Å². The van der Waals surface area contributed by atoms with E-state index in [-0.39, 0.29) is 0 Å². The molecular formula is C39H80N10O4. The molecule has 0 bridgehead atoms. The van der Waals surface area contributed by atoms with Crippen molar-refractivity contribution in [1.29, 1.82) is 0 Å². The van der Waals surface area contributed by atoms with Crippen molar-refractivity contribution in [2.75, 3.05) is 184 Å². The number of hydrogen-bond donors (Lipinski definition) is 3. The highest BCUT2D eigenvalue weighted by atomic mass is 17.0. The van der Waals surface area contributed by atoms with E-state index < -0.39 is 6.16 Å². The molecule has 3 heterocycles. The molecule has 0 aromatic rings. The van der Waals surface area contributed by atoms with Gasteiger partial charge in [0.1, 0.15) is 0 Å². The van der Waals surface area contributed by atoms with Gasteiger partial charge >= 0.3 is 6.16 Å². The molecule has 3 saturated heterocycles. The molecular weight excluding hydrogens is 672 g/mol. The average molecular weight is 753 g/mol. The minimum atomic E-state index is -1.57. The first-order valence-corrected chi connectivity index (χ1v) is 20.8. The number of piperazine rings is 3. The molecule has 0 aliphatic carbocycles. The normalized spacial score (nSPS) is 19.9. The Hall–Kier alpha value is -1.08. The molecule has 0 unspecified atom stereocenters. The first-order chi connectivity index (χ1) is 25.8. The molecule has 0 radical (unpaired) electrons. The second-order valence-electron chi connectivity index (χ2n) is 15.1. The third-order valence-corrected chi connectivity index (χ3v) is 10.7. The molecule has 3 fully saturated rings. The van der Waals surface area contributed by atoms with Gasteiger partial charge in [0.15, 0.2) is 0 Å². The Morgan fingerprint density at radius 1 is 0.566 bits per heavy atom. The second-order valence-corrected chi connectivity index (χ2v) is 15.1. The van der Waals surface area contributed by atoms with Crippen molar-refractivity contribution < 1.29 is 18.9 Å². The molecule has 310 valence electrons. The molecule has 0 atom stereocenters. The SMILES string of the molecule is C=C(C)CC/C(C)=C/CN(CCC)CCOC(OCCN1CCN(CCN)CC1)(OCCN1CCN(CCN)CC1)OCCN1CCN(CCN)CC1. The highest BCUT2D eigenvalue weighted by Crippen LogP contribution is 2.20. The van der Waals surface area contributed by atoms with Crippen molar-refractivity contribution in [3.8, 4) is 0 Å². The van der Waals surface area contributed by atoms with E-state index in [1.807, 2.05) is 0 Å². The zero-order chi connectivity index (χ0) is 38.2. The van der Waals surface area contributed by atoms with Crippen molar-refractivity contribution in [3.05, 3.63) is 23.8 Å². The van der Waals surface area contributed by atoms with Gasteiger partial charge in [-0.2, -0.15) is 0 Å². The summed E-state index contributed by atoms with van der Waals surface area (Å²) in [6.45, 7) is 34.5. The zero-order valence-corrected chi connectivity index (χ0v) is 34.2. The van der Waals surface area contributed by atoms with Gasteiger partial charge in [0.2, 0.25) is 0 Å². The van der Waals surface area contributed by atoms with Gasteiger partial charge in [0.25, 0.3) is 0 Å². The fourth-order valence-electron chi connectivity index (χ4n) is 7.11. The van der Waals surface area contributed by atoms with Gasteiger partial charge in [0.05, 0.1) is 26.4 Å². The van der Waals surface area contributed by atoms with Crippen LogP contribution in [0.15, 0.2) is 23.8 Å². The molecule has 53 heavy (non-hydrogen) atoms. The van der Waals surface area contributed by atoms with Crippen LogP contribution in [0, 0.1) is 0 Å². The van der Waals surface area contributed by atoms with Gasteiger partial charge in [-0.15, -0.1) is 6.58 Å². The van der Waals surface area contributed by atoms with Crippen LogP contribution >= 0.6 is 0 Å². The lowest BCUT2D eigenvalue weighted by atomic mass is 10.1. The first-order valence-electron chi connectivity index (χ1n) is 20.8. The van der Waals surface area contributed by atoms with Crippen molar-refractivity contribution in [3.63, 3.8) is 0 Å². The Morgan fingerprint density at radius 3 is 1.26 bits per heavy atom. The third-order valence-electron chi connectivity index (χ3n) is 10.7. The summed E-state index contributed by atoms with van der Waals surface area (Å²) in [5.41, 5.74) is 20.1. The number of allylic oxidation sites excluding steroid dienone is 2. The van der Waals surface area contributed by atoms with Crippen LogP contribution in [-0.2, 0) is 18.9 Å². The van der Waals surface area contributed by atoms with E-state index in [0.29, 0.717) is 46.1 Å². The van der Waals surface area contributed by atoms with E-state index in [2.05, 4.69) is 67.7 Å². The van der Waals surface area contributed by atoms with Crippen LogP contribution < -0.4 is 17.2 Å². The lowest BCUT2D eigenvalue weighted by molar-refractivity contribution is -0.499. The lowest BCUT2D eigenvalue weighted by Gasteiger charge is -2.38. The van der Waals surface area contributed by atoms with E-state index in [4.69, 9.17) is 36.1 Å². The van der Waals surface area contributed by atoms with Crippen molar-refractivity contribution in [2.24, 2.45) is 17.2 Å². The number of rotatable bonds is 29. The van der Waals surface area contributed by atoms with Gasteiger partial charge < -0.3 is 36.1 Å². The van der Waals surface area contributed by atoms with Crippen LogP contribution in [0.2, 0.25) is 0 Å². The van der Waals surface area contributed by atoms with Gasteiger partial charge in [0, 0.05) is 151 Å². The summed E-state index contributed by atoms with van der Waals surface area (Å²) in [4.78, 5) is 17.1. The second kappa shape index (κ2) is 27.5. The zero-order valence-electron chi connectivity index (χ0n) is 34.2. The van der Waals surface area contributed by atoms with Gasteiger partial charge in [-0.05, 0) is 39.7 Å². The molecule has 0 aromatic heterocycles. The van der Waals surface area contributed by atoms with E-state index in [9.17, 15) is 0 Å². The van der Waals surface area contributed by atoms with Crippen LogP contribution in [0.3, 0.4) is 0 Å². The van der Waals surface area contributed by atoms with Crippen LogP contribution in [0.1, 0.15) is 40.0 Å². The molecule has 3 aliphatic heterocycles. The molecule has 14 heteroatoms. The number of hydrogen-bond acceptors (Lipinski definition) is 14. The molecule has 0 aromatic carbocycles. The first kappa shape index (κ1) is 46.3. The standard InChI is InChI=1S/C39H80N10O4/c1-5-12-43(13-8-38(4)7-6-37(2)3)29-33-50-39(51-34-30-47-23-17-44(14-9-40)18-24-47,52-35-31-48-25-19-45(15-10-41)20-26-48)53-36-32-49-27-21-46(16-11-42)22-28-49/h8H,2,5-7,9-36,40-42H2,1,3-4H3/b38-8+. The average Bonchev–Trinajstić information content (AvgIpc) is 3.15. The maximum atomic E-state index is 6.65. The van der Waals surface area contributed by atoms with Crippen molar-refractivity contribution >= 4 is 0 Å². The fraction of sp³-hybridized carbons (Fsp3) is 0.897. The molecule has 6 N–H and O–H groups in total. The highest BCUT2D eigenvalue weighted by molar-refractivity contribution is 5.03. The number of nitrogens with two attached hydrogens (primary N) is 3. The minimum absolute atomic E-state index is 0.436. The van der Waals surface area contributed by atoms with Gasteiger partial charge in [-0.3, -0.25) is 34.3 Å². The summed E-state index contributed by atoms with van der Waals surface area (Å²) in [6, 6.07) is 0. The largest absolute Gasteiger partial charge is 0.412 e. The van der Waals surface area contributed by atoms with Crippen LogP contribution in [-0.4, -0.2) is 224 Å². The summed E-state index contributed by atoms with van der Waals surface area (Å²) in [5, 5.41) is 0. The van der Waals surface area contributed by atoms with Crippen LogP contribution in [0.5, 0.6) is 0 Å². The Labute approximate surface area is 323 Å². The van der Waals surface area contributed by atoms with Crippen molar-refractivity contribution in [2.45, 2.75) is 46.2 Å². The van der Waals surface area contributed by atoms with Gasteiger partial charge in [-0.25, -0.2) is 0 Å². The van der Waals surface area contributed by atoms with Gasteiger partial charge in [-0.1, -0.05) is 24.1 Å². The number of ether oxygens (including phenoxy) is 4. The Kier molecular flexibility index (Phi) is 24.0. The molecule has 0 amide bonds. The summed E-state index contributed by atoms with van der Waals surface area (Å²) in [6.07, 6.45) is 3.93. The topological polar surface area (TPSA) is 138 Å². The Morgan fingerprint density at radius 2 is 0.925 bits per heavy atom. The van der Waals surface area contributed by atoms with E-state index in [0.717, 1.165) is 157 Å². The smallest absolute Gasteiger partial charge is 0.329 e. The summed E-state index contributed by atoms with van der Waals surface area (Å²) < 4.78 is 26.5. The maximum Gasteiger partial charge on any atom is 0.412 e. The molecule has 3 aliphatic rings. The minimum Gasteiger partial charge on any atom is -0.329 e. The quantitative estimate of drug-likeness (QED) is 0.0719. The number of nitrogens with zero attached hydrogens (tertiary/aromatic N) is 7. The highest BCUT2D eigenvalue weighted by Gasteiger charge is 2.37. The third kappa shape index (κ3) is 19.6. The Balaban J connectivity index is 1.67. The van der Waals surface area contributed by atoms with Crippen molar-refractivity contribution in [1.82, 2.24) is 34.3 Å². The summed E-state index contributed by atoms with van der Waals surface area (Å²) in [7, 11) is 0. The monoisotopic (exact) mass is 753 g/mol. The predicted octanol–water partition coefficient (Wildman–Crippen LogP) is 0.408.